The Morgan fingerprint density at radius 2 is 1.89 bits per heavy atom. The first-order valence-corrected chi connectivity index (χ1v) is 9.15. The smallest absolute Gasteiger partial charge is 0.269 e. The van der Waals surface area contributed by atoms with E-state index in [4.69, 9.17) is 4.74 Å². The summed E-state index contributed by atoms with van der Waals surface area (Å²) in [5.41, 5.74) is 7.12. The molecule has 0 bridgehead atoms. The number of nitrogens with zero attached hydrogens (tertiary/aromatic N) is 1. The Hall–Kier alpha value is -3.35. The Labute approximate surface area is 163 Å². The van der Waals surface area contributed by atoms with Gasteiger partial charge in [0, 0.05) is 24.2 Å². The zero-order valence-corrected chi connectivity index (χ0v) is 15.9. The number of rotatable bonds is 5. The van der Waals surface area contributed by atoms with Gasteiger partial charge in [-0.1, -0.05) is 19.1 Å². The molecule has 3 rings (SSSR count). The van der Waals surface area contributed by atoms with E-state index in [-0.39, 0.29) is 24.8 Å². The van der Waals surface area contributed by atoms with Gasteiger partial charge in [0.1, 0.15) is 5.75 Å². The van der Waals surface area contributed by atoms with Gasteiger partial charge in [0.15, 0.2) is 0 Å². The van der Waals surface area contributed by atoms with E-state index in [9.17, 15) is 14.4 Å². The minimum atomic E-state index is -0.519. The van der Waals surface area contributed by atoms with Gasteiger partial charge in [-0.25, -0.2) is 0 Å². The number of amides is 3. The quantitative estimate of drug-likeness (QED) is 0.776. The minimum Gasteiger partial charge on any atom is -0.497 e. The Kier molecular flexibility index (Phi) is 5.93. The molecule has 0 aromatic heterocycles. The first-order valence-electron chi connectivity index (χ1n) is 9.15. The minimum absolute atomic E-state index is 0.102. The molecule has 1 fully saturated rings. The highest BCUT2D eigenvalue weighted by Crippen LogP contribution is 2.26. The van der Waals surface area contributed by atoms with Crippen molar-refractivity contribution in [1.29, 1.82) is 0 Å². The molecule has 1 atom stereocenters. The average Bonchev–Trinajstić information content (AvgIpc) is 3.13. The average molecular weight is 381 g/mol. The topological polar surface area (TPSA) is 87.7 Å². The molecule has 146 valence electrons. The fourth-order valence-corrected chi connectivity index (χ4v) is 3.11. The number of methoxy groups -OCH3 is 1. The number of hydrogen-bond acceptors (Lipinski definition) is 4. The summed E-state index contributed by atoms with van der Waals surface area (Å²) in [5.74, 6) is -0.807. The molecule has 3 amide bonds. The van der Waals surface area contributed by atoms with Gasteiger partial charge < -0.3 is 9.64 Å². The molecule has 0 unspecified atom stereocenters. The maximum atomic E-state index is 12.4. The van der Waals surface area contributed by atoms with E-state index in [1.165, 1.54) is 0 Å². The van der Waals surface area contributed by atoms with Crippen LogP contribution >= 0.6 is 0 Å². The van der Waals surface area contributed by atoms with Crippen LogP contribution in [0.5, 0.6) is 5.75 Å². The van der Waals surface area contributed by atoms with Gasteiger partial charge in [0.2, 0.25) is 11.8 Å². The van der Waals surface area contributed by atoms with E-state index in [0.717, 1.165) is 17.7 Å². The number of nitrogens with one attached hydrogen (secondary N) is 2. The normalized spacial score (nSPS) is 16.0. The van der Waals surface area contributed by atoms with E-state index in [1.54, 1.807) is 36.3 Å². The second-order valence-corrected chi connectivity index (χ2v) is 6.60. The third kappa shape index (κ3) is 4.31. The van der Waals surface area contributed by atoms with Crippen molar-refractivity contribution >= 4 is 23.4 Å². The summed E-state index contributed by atoms with van der Waals surface area (Å²) < 4.78 is 5.05. The molecule has 7 nitrogen and oxygen atoms in total. The monoisotopic (exact) mass is 381 g/mol. The molecular formula is C21H23N3O4. The number of benzene rings is 2. The lowest BCUT2D eigenvalue weighted by Crippen LogP contribution is -2.45. The largest absolute Gasteiger partial charge is 0.497 e. The number of hydrazine groups is 1. The van der Waals surface area contributed by atoms with Gasteiger partial charge in [0.25, 0.3) is 5.91 Å². The van der Waals surface area contributed by atoms with E-state index in [1.807, 2.05) is 31.2 Å². The van der Waals surface area contributed by atoms with Crippen molar-refractivity contribution in [2.45, 2.75) is 19.8 Å². The maximum absolute atomic E-state index is 12.4. The molecule has 2 N–H and O–H groups in total. The number of ether oxygens (including phenoxy) is 1. The summed E-state index contributed by atoms with van der Waals surface area (Å²) in [6.07, 6.45) is 0.984. The molecule has 0 radical (unpaired) electrons. The molecule has 7 heteroatoms. The van der Waals surface area contributed by atoms with Crippen LogP contribution < -0.4 is 20.5 Å². The van der Waals surface area contributed by atoms with Gasteiger partial charge in [-0.05, 0) is 48.4 Å². The lowest BCUT2D eigenvalue weighted by Gasteiger charge is -2.17. The van der Waals surface area contributed by atoms with Gasteiger partial charge in [-0.2, -0.15) is 0 Å². The molecule has 28 heavy (non-hydrogen) atoms. The number of anilines is 1. The zero-order chi connectivity index (χ0) is 20.1. The molecule has 1 aliphatic heterocycles. The van der Waals surface area contributed by atoms with Crippen molar-refractivity contribution in [2.24, 2.45) is 5.92 Å². The summed E-state index contributed by atoms with van der Waals surface area (Å²) in [5, 5.41) is 0. The van der Waals surface area contributed by atoms with Crippen molar-refractivity contribution in [3.8, 4) is 5.75 Å². The molecule has 1 aliphatic rings. The Balaban J connectivity index is 1.57. The second-order valence-electron chi connectivity index (χ2n) is 6.60. The Bertz CT molecular complexity index is 879. The third-order valence-corrected chi connectivity index (χ3v) is 4.78. The number of hydrogen-bond donors (Lipinski definition) is 2. The SMILES string of the molecule is CCc1cccc(N2C[C@H](C(=O)NNC(=O)c3ccc(OC)cc3)CC2=O)c1. The van der Waals surface area contributed by atoms with Crippen LogP contribution in [0, 0.1) is 5.92 Å². The summed E-state index contributed by atoms with van der Waals surface area (Å²) in [6.45, 7) is 2.34. The highest BCUT2D eigenvalue weighted by molar-refractivity contribution is 6.01. The first-order chi connectivity index (χ1) is 13.5. The van der Waals surface area contributed by atoms with Crippen LogP contribution in [0.15, 0.2) is 48.5 Å². The third-order valence-electron chi connectivity index (χ3n) is 4.78. The van der Waals surface area contributed by atoms with Crippen molar-refractivity contribution in [2.75, 3.05) is 18.6 Å². The summed E-state index contributed by atoms with van der Waals surface area (Å²) in [6, 6.07) is 14.3. The van der Waals surface area contributed by atoms with E-state index in [2.05, 4.69) is 10.9 Å². The predicted octanol–water partition coefficient (Wildman–Crippen LogP) is 2.07. The molecular weight excluding hydrogens is 358 g/mol. The zero-order valence-electron chi connectivity index (χ0n) is 15.9. The Morgan fingerprint density at radius 1 is 1.14 bits per heavy atom. The highest BCUT2D eigenvalue weighted by atomic mass is 16.5. The first kappa shape index (κ1) is 19.4. The molecule has 0 saturated carbocycles. The van der Waals surface area contributed by atoms with Gasteiger partial charge >= 0.3 is 0 Å². The lowest BCUT2D eigenvalue weighted by atomic mass is 10.1. The van der Waals surface area contributed by atoms with Gasteiger partial charge in [-0.15, -0.1) is 0 Å². The fourth-order valence-electron chi connectivity index (χ4n) is 3.11. The molecule has 1 saturated heterocycles. The number of aryl methyl sites for hydroxylation is 1. The van der Waals surface area contributed by atoms with Crippen molar-refractivity contribution < 1.29 is 19.1 Å². The molecule has 0 aliphatic carbocycles. The van der Waals surface area contributed by atoms with Crippen LogP contribution in [0.4, 0.5) is 5.69 Å². The highest BCUT2D eigenvalue weighted by Gasteiger charge is 2.35. The number of carbonyl (C=O) groups excluding carboxylic acids is 3. The second kappa shape index (κ2) is 8.56. The van der Waals surface area contributed by atoms with Crippen LogP contribution in [0.2, 0.25) is 0 Å². The summed E-state index contributed by atoms with van der Waals surface area (Å²) in [4.78, 5) is 38.5. The van der Waals surface area contributed by atoms with Crippen LogP contribution in [0.1, 0.15) is 29.3 Å². The molecule has 2 aromatic carbocycles. The van der Waals surface area contributed by atoms with Gasteiger partial charge in [0.05, 0.1) is 13.0 Å². The predicted molar refractivity (Wildman–Crippen MR) is 105 cm³/mol. The van der Waals surface area contributed by atoms with Crippen molar-refractivity contribution in [3.63, 3.8) is 0 Å². The maximum Gasteiger partial charge on any atom is 0.269 e. The standard InChI is InChI=1S/C21H23N3O4/c1-3-14-5-4-6-17(11-14)24-13-16(12-19(24)25)21(27)23-22-20(26)15-7-9-18(28-2)10-8-15/h4-11,16H,3,12-13H2,1-2H3,(H,22,26)(H,23,27)/t16-/m1/s1. The van der Waals surface area contributed by atoms with Crippen LogP contribution in [0.25, 0.3) is 0 Å². The van der Waals surface area contributed by atoms with Crippen LogP contribution in [0.3, 0.4) is 0 Å². The Morgan fingerprint density at radius 3 is 2.57 bits per heavy atom. The van der Waals surface area contributed by atoms with E-state index in [0.29, 0.717) is 11.3 Å². The van der Waals surface area contributed by atoms with Crippen LogP contribution in [-0.2, 0) is 16.0 Å². The molecule has 1 heterocycles. The number of carbonyl (C=O) groups is 3. The molecule has 0 spiro atoms. The lowest BCUT2D eigenvalue weighted by molar-refractivity contribution is -0.126. The summed E-state index contributed by atoms with van der Waals surface area (Å²) >= 11 is 0. The van der Waals surface area contributed by atoms with Gasteiger partial charge in [-0.3, -0.25) is 25.2 Å². The summed E-state index contributed by atoms with van der Waals surface area (Å²) in [7, 11) is 1.54. The van der Waals surface area contributed by atoms with Crippen molar-refractivity contribution in [1.82, 2.24) is 10.9 Å². The van der Waals surface area contributed by atoms with Crippen LogP contribution in [-0.4, -0.2) is 31.4 Å². The van der Waals surface area contributed by atoms with E-state index < -0.39 is 11.8 Å². The van der Waals surface area contributed by atoms with E-state index >= 15 is 0 Å². The van der Waals surface area contributed by atoms with Crippen molar-refractivity contribution in [3.05, 3.63) is 59.7 Å². The molecule has 2 aromatic rings. The fraction of sp³-hybridized carbons (Fsp3) is 0.286.